The zero-order chi connectivity index (χ0) is 11.0. The van der Waals surface area contributed by atoms with Gasteiger partial charge in [0.2, 0.25) is 0 Å². The molecule has 1 aromatic rings. The van der Waals surface area contributed by atoms with Crippen LogP contribution in [0.25, 0.3) is 0 Å². The van der Waals surface area contributed by atoms with Crippen LogP contribution < -0.4 is 5.32 Å². The van der Waals surface area contributed by atoms with Gasteiger partial charge in [-0.15, -0.1) is 0 Å². The first-order valence-corrected chi connectivity index (χ1v) is 6.39. The van der Waals surface area contributed by atoms with Crippen LogP contribution in [0.4, 0.5) is 0 Å². The maximum absolute atomic E-state index is 9.98. The maximum atomic E-state index is 9.98. The quantitative estimate of drug-likeness (QED) is 0.815. The van der Waals surface area contributed by atoms with Gasteiger partial charge in [-0.25, -0.2) is 0 Å². The molecular weight excluding hydrogens is 198 g/mol. The maximum Gasteiger partial charge on any atom is 0.119 e. The van der Waals surface area contributed by atoms with Crippen LogP contribution in [0.15, 0.2) is 18.2 Å². The van der Waals surface area contributed by atoms with Crippen LogP contribution in [0.1, 0.15) is 42.7 Å². The van der Waals surface area contributed by atoms with E-state index in [4.69, 9.17) is 0 Å². The lowest BCUT2D eigenvalue weighted by Crippen LogP contribution is -2.26. The summed E-state index contributed by atoms with van der Waals surface area (Å²) in [7, 11) is 0. The van der Waals surface area contributed by atoms with E-state index in [0.29, 0.717) is 11.7 Å². The van der Waals surface area contributed by atoms with Gasteiger partial charge in [-0.05, 0) is 43.7 Å². The van der Waals surface area contributed by atoms with Gasteiger partial charge >= 0.3 is 0 Å². The van der Waals surface area contributed by atoms with Gasteiger partial charge in [0, 0.05) is 24.1 Å². The number of rotatable bonds is 3. The van der Waals surface area contributed by atoms with E-state index in [2.05, 4.69) is 11.4 Å². The SMILES string of the molecule is Oc1cccc2c1C(CNC1CC1)CCC2. The predicted molar refractivity (Wildman–Crippen MR) is 64.8 cm³/mol. The Hall–Kier alpha value is -1.02. The summed E-state index contributed by atoms with van der Waals surface area (Å²) < 4.78 is 0. The first-order chi connectivity index (χ1) is 7.84. The Kier molecular flexibility index (Phi) is 2.60. The number of hydrogen-bond acceptors (Lipinski definition) is 2. The fourth-order valence-electron chi connectivity index (χ4n) is 2.77. The summed E-state index contributed by atoms with van der Waals surface area (Å²) in [6.07, 6.45) is 6.27. The fraction of sp³-hybridized carbons (Fsp3) is 0.571. The highest BCUT2D eigenvalue weighted by atomic mass is 16.3. The molecule has 16 heavy (non-hydrogen) atoms. The molecule has 2 aliphatic carbocycles. The Morgan fingerprint density at radius 3 is 2.94 bits per heavy atom. The molecule has 2 nitrogen and oxygen atoms in total. The minimum atomic E-state index is 0.500. The molecule has 2 aliphatic rings. The molecule has 3 rings (SSSR count). The Balaban J connectivity index is 1.80. The zero-order valence-corrected chi connectivity index (χ0v) is 9.58. The summed E-state index contributed by atoms with van der Waals surface area (Å²) >= 11 is 0. The number of fused-ring (bicyclic) bond motifs is 1. The van der Waals surface area contributed by atoms with Gasteiger partial charge in [0.25, 0.3) is 0 Å². The highest BCUT2D eigenvalue weighted by Gasteiger charge is 2.26. The molecule has 86 valence electrons. The molecule has 1 aromatic carbocycles. The number of nitrogens with one attached hydrogen (secondary N) is 1. The molecule has 1 saturated carbocycles. The van der Waals surface area contributed by atoms with E-state index in [0.717, 1.165) is 19.0 Å². The van der Waals surface area contributed by atoms with Crippen molar-refractivity contribution >= 4 is 0 Å². The Labute approximate surface area is 96.7 Å². The number of aromatic hydroxyl groups is 1. The zero-order valence-electron chi connectivity index (χ0n) is 9.58. The van der Waals surface area contributed by atoms with E-state index in [1.165, 1.54) is 36.8 Å². The van der Waals surface area contributed by atoms with Gasteiger partial charge in [0.1, 0.15) is 5.75 Å². The van der Waals surface area contributed by atoms with E-state index in [1.54, 1.807) is 0 Å². The molecule has 0 bridgehead atoms. The number of phenolic OH excluding ortho intramolecular Hbond substituents is 1. The molecule has 1 unspecified atom stereocenters. The lowest BCUT2D eigenvalue weighted by molar-refractivity contribution is 0.436. The third kappa shape index (κ3) is 1.94. The molecule has 0 heterocycles. The van der Waals surface area contributed by atoms with Crippen molar-refractivity contribution in [1.29, 1.82) is 0 Å². The lowest BCUT2D eigenvalue weighted by atomic mass is 9.82. The normalized spacial score (nSPS) is 24.1. The third-order valence-electron chi connectivity index (χ3n) is 3.81. The van der Waals surface area contributed by atoms with Crippen LogP contribution in [0.2, 0.25) is 0 Å². The molecule has 2 N–H and O–H groups in total. The number of hydrogen-bond donors (Lipinski definition) is 2. The van der Waals surface area contributed by atoms with Crippen LogP contribution in [0, 0.1) is 0 Å². The van der Waals surface area contributed by atoms with Gasteiger partial charge in [0.05, 0.1) is 0 Å². The van der Waals surface area contributed by atoms with Crippen molar-refractivity contribution < 1.29 is 5.11 Å². The Bertz CT molecular complexity index is 384. The second-order valence-electron chi connectivity index (χ2n) is 5.12. The van der Waals surface area contributed by atoms with Crippen molar-refractivity contribution in [2.45, 2.75) is 44.1 Å². The van der Waals surface area contributed by atoms with Gasteiger partial charge in [-0.2, -0.15) is 0 Å². The van der Waals surface area contributed by atoms with E-state index in [-0.39, 0.29) is 0 Å². The summed E-state index contributed by atoms with van der Waals surface area (Å²) in [4.78, 5) is 0. The Morgan fingerprint density at radius 1 is 1.25 bits per heavy atom. The second kappa shape index (κ2) is 4.10. The molecule has 0 aromatic heterocycles. The van der Waals surface area contributed by atoms with Crippen molar-refractivity contribution in [3.63, 3.8) is 0 Å². The molecule has 0 saturated heterocycles. The van der Waals surface area contributed by atoms with Crippen molar-refractivity contribution in [2.24, 2.45) is 0 Å². The average Bonchev–Trinajstić information content (AvgIpc) is 3.10. The molecule has 0 amide bonds. The fourth-order valence-corrected chi connectivity index (χ4v) is 2.77. The molecule has 0 spiro atoms. The van der Waals surface area contributed by atoms with Crippen molar-refractivity contribution in [3.8, 4) is 5.75 Å². The van der Waals surface area contributed by atoms with Crippen LogP contribution in [-0.2, 0) is 6.42 Å². The highest BCUT2D eigenvalue weighted by Crippen LogP contribution is 2.37. The van der Waals surface area contributed by atoms with Crippen LogP contribution >= 0.6 is 0 Å². The van der Waals surface area contributed by atoms with Crippen molar-refractivity contribution in [3.05, 3.63) is 29.3 Å². The summed E-state index contributed by atoms with van der Waals surface area (Å²) in [6.45, 7) is 1.04. The van der Waals surface area contributed by atoms with E-state index in [9.17, 15) is 5.11 Å². The minimum absolute atomic E-state index is 0.500. The molecule has 0 radical (unpaired) electrons. The minimum Gasteiger partial charge on any atom is -0.508 e. The van der Waals surface area contributed by atoms with Crippen molar-refractivity contribution in [2.75, 3.05) is 6.54 Å². The number of benzene rings is 1. The number of phenols is 1. The standard InChI is InChI=1S/C14H19NO/c16-13-6-2-4-10-3-1-5-11(14(10)13)9-15-12-7-8-12/h2,4,6,11-12,15-16H,1,3,5,7-9H2. The smallest absolute Gasteiger partial charge is 0.119 e. The first-order valence-electron chi connectivity index (χ1n) is 6.39. The van der Waals surface area contributed by atoms with Crippen LogP contribution in [-0.4, -0.2) is 17.7 Å². The summed E-state index contributed by atoms with van der Waals surface area (Å²) in [5.74, 6) is 1.02. The average molecular weight is 217 g/mol. The molecule has 0 aliphatic heterocycles. The van der Waals surface area contributed by atoms with E-state index in [1.807, 2.05) is 12.1 Å². The molecule has 1 atom stereocenters. The molecular formula is C14H19NO. The van der Waals surface area contributed by atoms with Crippen molar-refractivity contribution in [1.82, 2.24) is 5.32 Å². The lowest BCUT2D eigenvalue weighted by Gasteiger charge is -2.26. The highest BCUT2D eigenvalue weighted by molar-refractivity contribution is 5.43. The summed E-state index contributed by atoms with van der Waals surface area (Å²) in [5.41, 5.74) is 2.57. The third-order valence-corrected chi connectivity index (χ3v) is 3.81. The summed E-state index contributed by atoms with van der Waals surface area (Å²) in [6, 6.07) is 6.72. The molecule has 1 fully saturated rings. The van der Waals surface area contributed by atoms with E-state index < -0.39 is 0 Å². The van der Waals surface area contributed by atoms with Gasteiger partial charge in [-0.1, -0.05) is 12.1 Å². The second-order valence-corrected chi connectivity index (χ2v) is 5.12. The topological polar surface area (TPSA) is 32.3 Å². The number of aryl methyl sites for hydroxylation is 1. The predicted octanol–water partition coefficient (Wildman–Crippen LogP) is 2.56. The monoisotopic (exact) mass is 217 g/mol. The van der Waals surface area contributed by atoms with Gasteiger partial charge in [-0.3, -0.25) is 0 Å². The molecule has 2 heteroatoms. The van der Waals surface area contributed by atoms with Crippen LogP contribution in [0.3, 0.4) is 0 Å². The largest absolute Gasteiger partial charge is 0.508 e. The Morgan fingerprint density at radius 2 is 2.12 bits per heavy atom. The summed E-state index contributed by atoms with van der Waals surface area (Å²) in [5, 5.41) is 13.6. The van der Waals surface area contributed by atoms with E-state index >= 15 is 0 Å². The van der Waals surface area contributed by atoms with Gasteiger partial charge in [0.15, 0.2) is 0 Å². The van der Waals surface area contributed by atoms with Gasteiger partial charge < -0.3 is 10.4 Å². The first kappa shape index (κ1) is 10.2. The van der Waals surface area contributed by atoms with Crippen LogP contribution in [0.5, 0.6) is 5.75 Å².